The fourth-order valence-electron chi connectivity index (χ4n) is 5.12. The average molecular weight is 435 g/mol. The molecule has 3 aliphatic heterocycles. The Balaban J connectivity index is 1.62. The van der Waals surface area contributed by atoms with Crippen molar-refractivity contribution in [1.29, 1.82) is 0 Å². The number of benzene rings is 4. The summed E-state index contributed by atoms with van der Waals surface area (Å²) < 4.78 is 13.2. The Morgan fingerprint density at radius 3 is 1.66 bits per heavy atom. The van der Waals surface area contributed by atoms with E-state index < -0.39 is 7.92 Å². The molecule has 0 bridgehead atoms. The maximum atomic E-state index is 6.60. The van der Waals surface area contributed by atoms with E-state index in [1.807, 2.05) is 0 Å². The summed E-state index contributed by atoms with van der Waals surface area (Å²) >= 11 is 0. The van der Waals surface area contributed by atoms with Crippen LogP contribution in [0.15, 0.2) is 60.7 Å². The van der Waals surface area contributed by atoms with Gasteiger partial charge in [-0.05, 0) is 80.8 Å². The van der Waals surface area contributed by atoms with E-state index in [4.69, 9.17) is 9.47 Å². The first-order valence-electron chi connectivity index (χ1n) is 11.0. The van der Waals surface area contributed by atoms with Gasteiger partial charge in [0.1, 0.15) is 23.0 Å². The molecule has 0 saturated carbocycles. The Bertz CT molecular complexity index is 1390. The third-order valence-electron chi connectivity index (χ3n) is 6.67. The molecule has 0 aromatic heterocycles. The van der Waals surface area contributed by atoms with Crippen LogP contribution >= 0.6 is 7.92 Å². The Morgan fingerprint density at radius 2 is 1.12 bits per heavy atom. The molecule has 0 aliphatic carbocycles. The van der Waals surface area contributed by atoms with E-state index >= 15 is 0 Å². The van der Waals surface area contributed by atoms with Crippen LogP contribution in [0.5, 0.6) is 23.0 Å². The van der Waals surface area contributed by atoms with Gasteiger partial charge in [-0.2, -0.15) is 0 Å². The quantitative estimate of drug-likeness (QED) is 0.269. The Labute approximate surface area is 189 Å². The monoisotopic (exact) mass is 435 g/mol. The number of hydrogen-bond acceptors (Lipinski definition) is 3. The molecule has 0 N–H and O–H groups in total. The summed E-state index contributed by atoms with van der Waals surface area (Å²) in [6.07, 6.45) is 0. The van der Waals surface area contributed by atoms with Crippen LogP contribution in [0.2, 0.25) is 0 Å². The van der Waals surface area contributed by atoms with Crippen LogP contribution in [-0.4, -0.2) is 0 Å². The number of ether oxygens (including phenoxy) is 2. The van der Waals surface area contributed by atoms with Crippen molar-refractivity contribution in [3.63, 3.8) is 0 Å². The third kappa shape index (κ3) is 2.24. The minimum Gasteiger partial charge on any atom is -0.455 e. The molecule has 0 saturated heterocycles. The first-order valence-corrected chi connectivity index (χ1v) is 12.3. The van der Waals surface area contributed by atoms with E-state index in [0.29, 0.717) is 0 Å². The van der Waals surface area contributed by atoms with Crippen molar-refractivity contribution >= 4 is 40.9 Å². The van der Waals surface area contributed by atoms with Gasteiger partial charge in [0.15, 0.2) is 0 Å². The molecule has 4 heteroatoms. The van der Waals surface area contributed by atoms with Gasteiger partial charge in [0.25, 0.3) is 0 Å². The van der Waals surface area contributed by atoms with Crippen LogP contribution < -0.4 is 30.3 Å². The fraction of sp³-hybridized carbons (Fsp3) is 0.143. The van der Waals surface area contributed by atoms with Crippen LogP contribution in [0.3, 0.4) is 0 Å². The summed E-state index contributed by atoms with van der Waals surface area (Å²) in [4.78, 5) is 2.38. The standard InChI is InChI=1S/C28H22NO2P/c1-15-5-9-19(10-6-15)29-20-11-7-17(3)24-26(20)32-27-21(29)12-8-18(4)25(27)31-23-14-16(2)13-22(30-24)28(23)32/h5-14H,1-4H3. The minimum absolute atomic E-state index is 0.763. The summed E-state index contributed by atoms with van der Waals surface area (Å²) in [5, 5.41) is 3.83. The highest BCUT2D eigenvalue weighted by atomic mass is 31.1. The molecule has 7 rings (SSSR count). The second-order valence-electron chi connectivity index (χ2n) is 8.98. The second-order valence-corrected chi connectivity index (χ2v) is 11.0. The number of aryl methyl sites for hydroxylation is 4. The highest BCUT2D eigenvalue weighted by Gasteiger charge is 2.45. The van der Waals surface area contributed by atoms with E-state index in [9.17, 15) is 0 Å². The van der Waals surface area contributed by atoms with Crippen molar-refractivity contribution in [2.24, 2.45) is 0 Å². The molecule has 4 aromatic carbocycles. The minimum atomic E-state index is -0.763. The zero-order valence-corrected chi connectivity index (χ0v) is 19.4. The Hall–Kier alpha value is -3.29. The third-order valence-corrected chi connectivity index (χ3v) is 9.31. The lowest BCUT2D eigenvalue weighted by Crippen LogP contribution is -2.40. The largest absolute Gasteiger partial charge is 0.455 e. The lowest BCUT2D eigenvalue weighted by Gasteiger charge is -2.44. The van der Waals surface area contributed by atoms with E-state index in [-0.39, 0.29) is 0 Å². The molecule has 0 spiro atoms. The molecule has 3 aliphatic rings. The number of anilines is 3. The topological polar surface area (TPSA) is 21.7 Å². The molecular formula is C28H22NO2P. The highest BCUT2D eigenvalue weighted by Crippen LogP contribution is 2.61. The molecule has 32 heavy (non-hydrogen) atoms. The maximum absolute atomic E-state index is 6.60. The van der Waals surface area contributed by atoms with E-state index in [1.165, 1.54) is 44.0 Å². The summed E-state index contributed by atoms with van der Waals surface area (Å²) in [5.74, 6) is 3.91. The van der Waals surface area contributed by atoms with Crippen molar-refractivity contribution < 1.29 is 9.47 Å². The van der Waals surface area contributed by atoms with Crippen molar-refractivity contribution in [3.8, 4) is 23.0 Å². The van der Waals surface area contributed by atoms with Gasteiger partial charge in [-0.3, -0.25) is 0 Å². The molecule has 0 atom stereocenters. The molecule has 0 unspecified atom stereocenters. The normalized spacial score (nSPS) is 14.6. The van der Waals surface area contributed by atoms with Gasteiger partial charge in [0.2, 0.25) is 0 Å². The Kier molecular flexibility index (Phi) is 3.51. The maximum Gasteiger partial charge on any atom is 0.140 e. The lowest BCUT2D eigenvalue weighted by atomic mass is 10.1. The van der Waals surface area contributed by atoms with Crippen molar-refractivity contribution in [3.05, 3.63) is 82.9 Å². The van der Waals surface area contributed by atoms with Crippen molar-refractivity contribution in [2.45, 2.75) is 27.7 Å². The van der Waals surface area contributed by atoms with Crippen LogP contribution in [-0.2, 0) is 0 Å². The SMILES string of the molecule is Cc1ccc(N2c3ccc(C)c4c3P3c5c(cc(C)cc5Oc5c(C)ccc2c53)O4)cc1. The second kappa shape index (κ2) is 6.15. The van der Waals surface area contributed by atoms with Gasteiger partial charge in [0.05, 0.1) is 27.3 Å². The molecule has 3 heterocycles. The molecule has 156 valence electrons. The summed E-state index contributed by atoms with van der Waals surface area (Å²) in [5.41, 5.74) is 8.33. The van der Waals surface area contributed by atoms with Gasteiger partial charge >= 0.3 is 0 Å². The van der Waals surface area contributed by atoms with Crippen LogP contribution in [0.1, 0.15) is 22.3 Å². The van der Waals surface area contributed by atoms with Crippen LogP contribution in [0.25, 0.3) is 0 Å². The number of rotatable bonds is 1. The number of hydrogen-bond donors (Lipinski definition) is 0. The first-order chi connectivity index (χ1) is 15.5. The fourth-order valence-corrected chi connectivity index (χ4v) is 8.11. The number of nitrogens with zero attached hydrogens (tertiary/aromatic N) is 1. The summed E-state index contributed by atoms with van der Waals surface area (Å²) in [6, 6.07) is 22.0. The summed E-state index contributed by atoms with van der Waals surface area (Å²) in [6.45, 7) is 8.53. The lowest BCUT2D eigenvalue weighted by molar-refractivity contribution is 0.462. The van der Waals surface area contributed by atoms with Crippen molar-refractivity contribution in [1.82, 2.24) is 0 Å². The van der Waals surface area contributed by atoms with Gasteiger partial charge in [-0.1, -0.05) is 29.8 Å². The molecular weight excluding hydrogens is 413 g/mol. The average Bonchev–Trinajstić information content (AvgIpc) is 2.78. The van der Waals surface area contributed by atoms with Gasteiger partial charge in [0, 0.05) is 13.6 Å². The van der Waals surface area contributed by atoms with Crippen molar-refractivity contribution in [2.75, 3.05) is 4.90 Å². The predicted molar refractivity (Wildman–Crippen MR) is 132 cm³/mol. The van der Waals surface area contributed by atoms with Gasteiger partial charge in [-0.25, -0.2) is 0 Å². The van der Waals surface area contributed by atoms with E-state index in [1.54, 1.807) is 0 Å². The predicted octanol–water partition coefficient (Wildman–Crippen LogP) is 6.67. The summed E-state index contributed by atoms with van der Waals surface area (Å²) in [7, 11) is -0.763. The zero-order chi connectivity index (χ0) is 21.7. The molecule has 0 fully saturated rings. The zero-order valence-electron chi connectivity index (χ0n) is 18.5. The Morgan fingerprint density at radius 1 is 0.594 bits per heavy atom. The first kappa shape index (κ1) is 18.3. The van der Waals surface area contributed by atoms with E-state index in [0.717, 1.165) is 34.2 Å². The van der Waals surface area contributed by atoms with Crippen LogP contribution in [0.4, 0.5) is 17.1 Å². The highest BCUT2D eigenvalue weighted by molar-refractivity contribution is 7.81. The molecule has 0 radical (unpaired) electrons. The molecule has 3 nitrogen and oxygen atoms in total. The van der Waals surface area contributed by atoms with Gasteiger partial charge < -0.3 is 14.4 Å². The molecule has 0 amide bonds. The van der Waals surface area contributed by atoms with E-state index in [2.05, 4.69) is 93.3 Å². The smallest absolute Gasteiger partial charge is 0.140 e. The molecule has 4 aromatic rings. The van der Waals surface area contributed by atoms with Gasteiger partial charge in [-0.15, -0.1) is 0 Å². The van der Waals surface area contributed by atoms with Crippen LogP contribution in [0, 0.1) is 27.7 Å².